The molecule has 8 heteroatoms. The summed E-state index contributed by atoms with van der Waals surface area (Å²) >= 11 is 0. The summed E-state index contributed by atoms with van der Waals surface area (Å²) in [6, 6.07) is 11.0. The highest BCUT2D eigenvalue weighted by molar-refractivity contribution is 5.98. The molecule has 2 aliphatic rings. The topological polar surface area (TPSA) is 86.8 Å². The number of aromatic nitrogens is 1. The lowest BCUT2D eigenvalue weighted by molar-refractivity contribution is -0.124. The van der Waals surface area contributed by atoms with Crippen molar-refractivity contribution in [2.75, 3.05) is 50.1 Å². The minimum absolute atomic E-state index is 0.165. The molecule has 3 heterocycles. The molecule has 2 aliphatic heterocycles. The minimum Gasteiger partial charge on any atom is -0.368 e. The Labute approximate surface area is 188 Å². The smallest absolute Gasteiger partial charge is 0.253 e. The molecule has 2 N–H and O–H groups in total. The molecule has 0 saturated carbocycles. The average Bonchev–Trinajstić information content (AvgIpc) is 3.27. The quantitative estimate of drug-likeness (QED) is 0.721. The van der Waals surface area contributed by atoms with Crippen LogP contribution in [0.4, 0.5) is 11.5 Å². The molecule has 1 atom stereocenters. The van der Waals surface area contributed by atoms with Crippen molar-refractivity contribution in [2.24, 2.45) is 0 Å². The number of nitrogens with one attached hydrogen (secondary N) is 2. The highest BCUT2D eigenvalue weighted by Gasteiger charge is 2.23. The van der Waals surface area contributed by atoms with Gasteiger partial charge >= 0.3 is 0 Å². The van der Waals surface area contributed by atoms with Gasteiger partial charge in [0.05, 0.1) is 0 Å². The van der Waals surface area contributed by atoms with Crippen LogP contribution in [0.25, 0.3) is 0 Å². The molecule has 0 radical (unpaired) electrons. The first kappa shape index (κ1) is 22.2. The van der Waals surface area contributed by atoms with E-state index in [0.717, 1.165) is 56.8 Å². The van der Waals surface area contributed by atoms with Crippen LogP contribution in [0.5, 0.6) is 0 Å². The molecule has 1 aromatic carbocycles. The van der Waals surface area contributed by atoms with Crippen LogP contribution in [0.1, 0.15) is 35.2 Å². The van der Waals surface area contributed by atoms with Gasteiger partial charge in [-0.25, -0.2) is 4.98 Å². The molecule has 1 aromatic heterocycles. The van der Waals surface area contributed by atoms with Crippen molar-refractivity contribution in [3.63, 3.8) is 0 Å². The molecular weight excluding hydrogens is 406 g/mol. The molecule has 8 nitrogen and oxygen atoms in total. The van der Waals surface area contributed by atoms with Gasteiger partial charge in [0.1, 0.15) is 11.9 Å². The van der Waals surface area contributed by atoms with E-state index in [4.69, 9.17) is 4.74 Å². The molecule has 1 unspecified atom stereocenters. The molecule has 2 aromatic rings. The lowest BCUT2D eigenvalue weighted by Crippen LogP contribution is -2.29. The lowest BCUT2D eigenvalue weighted by atomic mass is 10.1. The van der Waals surface area contributed by atoms with E-state index in [-0.39, 0.29) is 11.8 Å². The van der Waals surface area contributed by atoms with Crippen molar-refractivity contribution < 1.29 is 14.3 Å². The number of carbonyl (C=O) groups is 2. The number of amides is 2. The molecule has 32 heavy (non-hydrogen) atoms. The van der Waals surface area contributed by atoms with Crippen LogP contribution < -0.4 is 15.5 Å². The maximum absolute atomic E-state index is 12.6. The zero-order valence-electron chi connectivity index (χ0n) is 18.5. The van der Waals surface area contributed by atoms with Gasteiger partial charge in [-0.1, -0.05) is 12.1 Å². The number of hydrogen-bond acceptors (Lipinski definition) is 6. The molecule has 4 rings (SSSR count). The van der Waals surface area contributed by atoms with E-state index in [9.17, 15) is 9.59 Å². The summed E-state index contributed by atoms with van der Waals surface area (Å²) in [5, 5.41) is 5.76. The van der Waals surface area contributed by atoms with Gasteiger partial charge in [0.2, 0.25) is 0 Å². The average molecular weight is 438 g/mol. The highest BCUT2D eigenvalue weighted by atomic mass is 16.5. The van der Waals surface area contributed by atoms with Gasteiger partial charge in [-0.3, -0.25) is 9.59 Å². The second-order valence-electron chi connectivity index (χ2n) is 8.42. The van der Waals surface area contributed by atoms with Crippen LogP contribution in [-0.4, -0.2) is 67.6 Å². The number of nitrogens with zero attached hydrogens (tertiary/aromatic N) is 3. The molecular formula is C24H31N5O3. The molecule has 2 fully saturated rings. The summed E-state index contributed by atoms with van der Waals surface area (Å²) in [5.74, 6) is 0.616. The number of rotatable bonds is 6. The zero-order chi connectivity index (χ0) is 22.3. The van der Waals surface area contributed by atoms with Gasteiger partial charge in [0.15, 0.2) is 0 Å². The first-order valence-electron chi connectivity index (χ1n) is 11.3. The maximum atomic E-state index is 12.6. The van der Waals surface area contributed by atoms with E-state index in [0.29, 0.717) is 24.4 Å². The van der Waals surface area contributed by atoms with Crippen molar-refractivity contribution in [1.29, 1.82) is 0 Å². The van der Waals surface area contributed by atoms with E-state index >= 15 is 0 Å². The van der Waals surface area contributed by atoms with Crippen LogP contribution in [0.3, 0.4) is 0 Å². The van der Waals surface area contributed by atoms with Crippen molar-refractivity contribution in [3.8, 4) is 0 Å². The second kappa shape index (κ2) is 10.6. The molecule has 2 amide bonds. The van der Waals surface area contributed by atoms with E-state index in [2.05, 4.69) is 32.5 Å². The van der Waals surface area contributed by atoms with E-state index < -0.39 is 6.10 Å². The number of benzene rings is 1. The monoisotopic (exact) mass is 437 g/mol. The number of likely N-dealkylation sites (N-methyl/N-ethyl adjacent to an activating group) is 1. The Bertz CT molecular complexity index is 927. The third-order valence-corrected chi connectivity index (χ3v) is 5.92. The largest absolute Gasteiger partial charge is 0.368 e. The predicted molar refractivity (Wildman–Crippen MR) is 124 cm³/mol. The summed E-state index contributed by atoms with van der Waals surface area (Å²) in [7, 11) is 2.15. The normalized spacial score (nSPS) is 19.4. The molecule has 170 valence electrons. The van der Waals surface area contributed by atoms with Crippen molar-refractivity contribution in [2.45, 2.75) is 31.9 Å². The van der Waals surface area contributed by atoms with Crippen LogP contribution in [0, 0.1) is 0 Å². The van der Waals surface area contributed by atoms with Gasteiger partial charge in [-0.05, 0) is 62.7 Å². The maximum Gasteiger partial charge on any atom is 0.253 e. The van der Waals surface area contributed by atoms with Crippen molar-refractivity contribution in [1.82, 2.24) is 15.2 Å². The fourth-order valence-electron chi connectivity index (χ4n) is 4.01. The summed E-state index contributed by atoms with van der Waals surface area (Å²) in [4.78, 5) is 34.1. The molecule has 2 saturated heterocycles. The Morgan fingerprint density at radius 1 is 1.12 bits per heavy atom. The Morgan fingerprint density at radius 3 is 2.81 bits per heavy atom. The van der Waals surface area contributed by atoms with Gasteiger partial charge in [-0.15, -0.1) is 0 Å². The standard InChI is InChI=1S/C24H31N5O3/c1-28-10-4-11-29(13-12-28)22-9-8-18(16-25-22)17-26-23(30)19-5-2-6-20(15-19)27-24(31)21-7-3-14-32-21/h2,5-6,8-9,15-16,21H,3-4,7,10-14,17H2,1H3,(H,26,30)(H,27,31). The number of pyridine rings is 1. The fourth-order valence-corrected chi connectivity index (χ4v) is 4.01. The van der Waals surface area contributed by atoms with Crippen LogP contribution in [0.2, 0.25) is 0 Å². The van der Waals surface area contributed by atoms with Crippen LogP contribution >= 0.6 is 0 Å². The highest BCUT2D eigenvalue weighted by Crippen LogP contribution is 2.17. The third-order valence-electron chi connectivity index (χ3n) is 5.92. The van der Waals surface area contributed by atoms with Gasteiger partial charge in [0.25, 0.3) is 11.8 Å². The van der Waals surface area contributed by atoms with E-state index in [1.807, 2.05) is 18.3 Å². The molecule has 0 bridgehead atoms. The summed E-state index contributed by atoms with van der Waals surface area (Å²) in [6.07, 6.45) is 4.17. The summed E-state index contributed by atoms with van der Waals surface area (Å²) in [6.45, 7) is 5.13. The van der Waals surface area contributed by atoms with E-state index in [1.165, 1.54) is 0 Å². The Morgan fingerprint density at radius 2 is 2.03 bits per heavy atom. The SMILES string of the molecule is CN1CCCN(c2ccc(CNC(=O)c3cccc(NC(=O)C4CCCO4)c3)cn2)CC1. The first-order chi connectivity index (χ1) is 15.6. The van der Waals surface area contributed by atoms with Crippen LogP contribution in [-0.2, 0) is 16.1 Å². The lowest BCUT2D eigenvalue weighted by Gasteiger charge is -2.21. The van der Waals surface area contributed by atoms with Crippen molar-refractivity contribution >= 4 is 23.3 Å². The van der Waals surface area contributed by atoms with E-state index in [1.54, 1.807) is 24.3 Å². The molecule has 0 aliphatic carbocycles. The Balaban J connectivity index is 1.30. The van der Waals surface area contributed by atoms with Crippen LogP contribution in [0.15, 0.2) is 42.6 Å². The summed E-state index contributed by atoms with van der Waals surface area (Å²) < 4.78 is 5.41. The Kier molecular flexibility index (Phi) is 7.34. The number of hydrogen-bond donors (Lipinski definition) is 2. The second-order valence-corrected chi connectivity index (χ2v) is 8.42. The Hall–Kier alpha value is -2.97. The van der Waals surface area contributed by atoms with Gasteiger partial charge in [-0.2, -0.15) is 0 Å². The molecule has 0 spiro atoms. The fraction of sp³-hybridized carbons (Fsp3) is 0.458. The van der Waals surface area contributed by atoms with Crippen molar-refractivity contribution in [3.05, 3.63) is 53.7 Å². The number of carbonyl (C=O) groups excluding carboxylic acids is 2. The third kappa shape index (κ3) is 5.83. The van der Waals surface area contributed by atoms with Gasteiger partial charge in [0, 0.05) is 50.2 Å². The van der Waals surface area contributed by atoms with Gasteiger partial charge < -0.3 is 25.2 Å². The summed E-state index contributed by atoms with van der Waals surface area (Å²) in [5.41, 5.74) is 2.03. The predicted octanol–water partition coefficient (Wildman–Crippen LogP) is 2.27. The number of ether oxygens (including phenoxy) is 1. The minimum atomic E-state index is -0.404. The zero-order valence-corrected chi connectivity index (χ0v) is 18.5. The first-order valence-corrected chi connectivity index (χ1v) is 11.3. The number of anilines is 2.